The quantitative estimate of drug-likeness (QED) is 0.179. The Morgan fingerprint density at radius 2 is 1.86 bits per heavy atom. The van der Waals surface area contributed by atoms with Gasteiger partial charge >= 0.3 is 18.0 Å². The molecule has 2 aromatic carbocycles. The number of likely N-dealkylation sites (N-methyl/N-ethyl adjacent to an activating group) is 1. The van der Waals surface area contributed by atoms with E-state index in [0.29, 0.717) is 56.9 Å². The fraction of sp³-hybridized carbons (Fsp3) is 0.355. The third kappa shape index (κ3) is 4.98. The number of hydrogen-bond donors (Lipinski definition) is 0. The molecule has 12 heteroatoms. The number of piperazine rings is 1. The lowest BCUT2D eigenvalue weighted by molar-refractivity contribution is -0.133. The van der Waals surface area contributed by atoms with Crippen LogP contribution < -0.4 is 20.0 Å². The van der Waals surface area contributed by atoms with Crippen molar-refractivity contribution in [3.05, 3.63) is 69.2 Å². The van der Waals surface area contributed by atoms with Crippen LogP contribution in [-0.4, -0.2) is 85.8 Å². The van der Waals surface area contributed by atoms with Crippen molar-refractivity contribution in [2.45, 2.75) is 19.8 Å². The highest BCUT2D eigenvalue weighted by molar-refractivity contribution is 9.09. The number of methoxy groups -OCH3 is 1. The molecule has 6 rings (SSSR count). The lowest BCUT2D eigenvalue weighted by atomic mass is 9.92. The minimum absolute atomic E-state index is 0.0905. The summed E-state index contributed by atoms with van der Waals surface area (Å²) in [5.74, 6) is -1.02. The van der Waals surface area contributed by atoms with Gasteiger partial charge in [0.15, 0.2) is 18.1 Å². The average molecular weight is 651 g/mol. The van der Waals surface area contributed by atoms with Crippen LogP contribution in [0.25, 0.3) is 16.5 Å². The van der Waals surface area contributed by atoms with Crippen LogP contribution >= 0.6 is 15.9 Å². The Hall–Kier alpha value is -4.16. The summed E-state index contributed by atoms with van der Waals surface area (Å²) in [6, 6.07) is 8.29. The van der Waals surface area contributed by atoms with Crippen molar-refractivity contribution < 1.29 is 33.1 Å². The highest BCUT2D eigenvalue weighted by Gasteiger charge is 2.42. The molecule has 1 aromatic heterocycles. The summed E-state index contributed by atoms with van der Waals surface area (Å²) in [5, 5.41) is 1.98. The molecule has 3 aliphatic rings. The van der Waals surface area contributed by atoms with E-state index in [1.807, 2.05) is 7.05 Å². The van der Waals surface area contributed by atoms with Gasteiger partial charge in [0.05, 0.1) is 30.4 Å². The van der Waals surface area contributed by atoms with Crippen LogP contribution in [0, 0.1) is 0 Å². The van der Waals surface area contributed by atoms with E-state index in [4.69, 9.17) is 13.9 Å². The number of amides is 2. The van der Waals surface area contributed by atoms with Gasteiger partial charge in [-0.2, -0.15) is 4.58 Å². The largest absolute Gasteiger partial charge is 0.465 e. The van der Waals surface area contributed by atoms with Gasteiger partial charge in [-0.25, -0.2) is 19.4 Å². The van der Waals surface area contributed by atoms with E-state index in [2.05, 4.69) is 25.8 Å². The lowest BCUT2D eigenvalue weighted by Crippen LogP contribution is -2.48. The van der Waals surface area contributed by atoms with Gasteiger partial charge in [-0.15, -0.1) is 0 Å². The van der Waals surface area contributed by atoms with Crippen LogP contribution in [0.1, 0.15) is 51.8 Å². The van der Waals surface area contributed by atoms with E-state index in [-0.39, 0.29) is 35.3 Å². The van der Waals surface area contributed by atoms with Crippen LogP contribution in [-0.2, 0) is 9.53 Å². The number of esters is 1. The monoisotopic (exact) mass is 649 g/mol. The van der Waals surface area contributed by atoms with Crippen molar-refractivity contribution in [1.29, 1.82) is 0 Å². The summed E-state index contributed by atoms with van der Waals surface area (Å²) < 4.78 is 18.5. The highest BCUT2D eigenvalue weighted by atomic mass is 79.9. The molecule has 11 nitrogen and oxygen atoms in total. The van der Waals surface area contributed by atoms with Gasteiger partial charge in [0.1, 0.15) is 10.9 Å². The molecule has 3 aliphatic heterocycles. The molecule has 4 heterocycles. The van der Waals surface area contributed by atoms with Gasteiger partial charge in [0.2, 0.25) is 11.1 Å². The zero-order valence-electron chi connectivity index (χ0n) is 24.2. The molecule has 1 fully saturated rings. The van der Waals surface area contributed by atoms with E-state index < -0.39 is 18.0 Å². The van der Waals surface area contributed by atoms with Crippen molar-refractivity contribution in [2.24, 2.45) is 4.99 Å². The Labute approximate surface area is 255 Å². The molecule has 0 N–H and O–H groups in total. The molecule has 0 radical (unpaired) electrons. The molecule has 222 valence electrons. The topological polar surface area (TPSA) is 122 Å². The Kier molecular flexibility index (Phi) is 7.51. The Morgan fingerprint density at radius 3 is 2.53 bits per heavy atom. The summed E-state index contributed by atoms with van der Waals surface area (Å²) in [4.78, 5) is 60.6. The Bertz CT molecular complexity index is 1890. The lowest BCUT2D eigenvalue weighted by Gasteiger charge is -2.31. The third-order valence-corrected chi connectivity index (χ3v) is 8.97. The summed E-state index contributed by atoms with van der Waals surface area (Å²) >= 11 is 3.59. The number of benzene rings is 2. The highest BCUT2D eigenvalue weighted by Crippen LogP contribution is 2.33. The maximum absolute atomic E-state index is 14.0. The molecule has 0 spiro atoms. The number of ketones is 1. The second-order valence-electron chi connectivity index (χ2n) is 10.9. The number of allylic oxidation sites excluding steroid dienone is 1. The van der Waals surface area contributed by atoms with Crippen LogP contribution in [0.15, 0.2) is 45.4 Å². The molecule has 43 heavy (non-hydrogen) atoms. The second kappa shape index (κ2) is 11.2. The van der Waals surface area contributed by atoms with Crippen molar-refractivity contribution in [2.75, 3.05) is 52.2 Å². The van der Waals surface area contributed by atoms with Gasteiger partial charge in [-0.1, -0.05) is 15.9 Å². The Morgan fingerprint density at radius 1 is 1.12 bits per heavy atom. The van der Waals surface area contributed by atoms with Crippen molar-refractivity contribution in [3.63, 3.8) is 0 Å². The smallest absolute Gasteiger partial charge is 0.455 e. The van der Waals surface area contributed by atoms with Crippen molar-refractivity contribution in [3.8, 4) is 5.75 Å². The minimum atomic E-state index is -0.568. The number of rotatable bonds is 5. The fourth-order valence-corrected chi connectivity index (χ4v) is 6.39. The number of hydrogen-bond acceptors (Lipinski definition) is 9. The zero-order valence-corrected chi connectivity index (χ0v) is 25.8. The van der Waals surface area contributed by atoms with Gasteiger partial charge in [0, 0.05) is 59.7 Å². The predicted molar refractivity (Wildman–Crippen MR) is 160 cm³/mol. The molecule has 3 aromatic rings. The van der Waals surface area contributed by atoms with E-state index in [9.17, 15) is 19.2 Å². The number of nitrogens with zero attached hydrogens (tertiary/aromatic N) is 4. The van der Waals surface area contributed by atoms with Gasteiger partial charge in [-0.3, -0.25) is 4.79 Å². The second-order valence-corrected chi connectivity index (χ2v) is 11.6. The average Bonchev–Trinajstić information content (AvgIpc) is 3.69. The molecule has 0 aliphatic carbocycles. The van der Waals surface area contributed by atoms with Gasteiger partial charge in [-0.05, 0) is 39.1 Å². The van der Waals surface area contributed by atoms with E-state index in [1.165, 1.54) is 14.0 Å². The summed E-state index contributed by atoms with van der Waals surface area (Å²) in [5.41, 5.74) is 2.93. The summed E-state index contributed by atoms with van der Waals surface area (Å²) in [6.07, 6.45) is -0.527. The molecule has 1 atom stereocenters. The molecule has 1 saturated heterocycles. The molecule has 0 saturated carbocycles. The van der Waals surface area contributed by atoms with Crippen LogP contribution in [0.2, 0.25) is 0 Å². The third-order valence-electron chi connectivity index (χ3n) is 8.19. The number of fused-ring (bicyclic) bond motifs is 4. The predicted octanol–water partition coefficient (Wildman–Crippen LogP) is 2.74. The van der Waals surface area contributed by atoms with E-state index in [1.54, 1.807) is 46.7 Å². The van der Waals surface area contributed by atoms with Crippen molar-refractivity contribution in [1.82, 2.24) is 14.4 Å². The first-order chi connectivity index (χ1) is 20.6. The molecule has 2 amide bonds. The maximum Gasteiger partial charge on any atom is 0.455 e. The first kappa shape index (κ1) is 28.9. The minimum Gasteiger partial charge on any atom is -0.465 e. The SMILES string of the molecule is COC(=O)C1=C(C)N=c2c(OC(=O)N3CCN(C)CC3)cc3c(c21)[C@H](CBr)C[N+]=3C(=O)c1cc2cc(C(C)=O)ccc2o1. The molecular weight excluding hydrogens is 620 g/mol. The first-order valence-electron chi connectivity index (χ1n) is 13.9. The zero-order chi connectivity index (χ0) is 30.6. The Balaban J connectivity index is 1.52. The number of ether oxygens (including phenoxy) is 2. The molecule has 0 unspecified atom stereocenters. The number of furan rings is 1. The molecule has 0 bridgehead atoms. The first-order valence-corrected chi connectivity index (χ1v) is 15.0. The normalized spacial score (nSPS) is 18.0. The molecular formula is C31H30BrN4O7+. The summed E-state index contributed by atoms with van der Waals surface area (Å²) in [7, 11) is 3.29. The van der Waals surface area contributed by atoms with Crippen LogP contribution in [0.3, 0.4) is 0 Å². The number of Topliss-reactive ketones (excluding diaryl/α,β-unsaturated/α-hetero) is 1. The van der Waals surface area contributed by atoms with Crippen molar-refractivity contribution >= 4 is 56.2 Å². The summed E-state index contributed by atoms with van der Waals surface area (Å²) in [6.45, 7) is 5.92. The van der Waals surface area contributed by atoms with E-state index >= 15 is 0 Å². The van der Waals surface area contributed by atoms with Crippen LogP contribution in [0.5, 0.6) is 5.75 Å². The maximum atomic E-state index is 14.0. The standard InChI is InChI=1S/C31H30BrN4O7/c1-16-25(30(39)41-4)27-26-20(14-32)15-36(29(38)24-12-19-11-18(17(2)37)5-6-22(19)42-24)21(26)13-23(28(27)33-16)43-31(40)35-9-7-34(3)8-10-35/h5-6,11-13,20H,7-10,14-15H2,1-4H3/q+1/t20-/m1/s1. The van der Waals surface area contributed by atoms with Crippen LogP contribution in [0.4, 0.5) is 4.79 Å². The van der Waals surface area contributed by atoms with Gasteiger partial charge < -0.3 is 23.7 Å². The van der Waals surface area contributed by atoms with Gasteiger partial charge in [0.25, 0.3) is 0 Å². The van der Waals surface area contributed by atoms with E-state index in [0.717, 1.165) is 18.7 Å². The number of carbonyl (C=O) groups is 4. The number of halogens is 1. The fourth-order valence-electron chi connectivity index (χ4n) is 5.86. The number of carbonyl (C=O) groups excluding carboxylic acids is 4. The number of alkyl halides is 1.